The summed E-state index contributed by atoms with van der Waals surface area (Å²) < 4.78 is 26.4. The number of nitriles is 1. The molecule has 0 unspecified atom stereocenters. The maximum Gasteiger partial charge on any atom is 0.246 e. The zero-order valence-electron chi connectivity index (χ0n) is 10.8. The molecule has 0 aliphatic heterocycles. The van der Waals surface area contributed by atoms with E-state index in [2.05, 4.69) is 0 Å². The third kappa shape index (κ3) is 3.38. The van der Waals surface area contributed by atoms with Crippen LogP contribution < -0.4 is 5.73 Å². The first-order chi connectivity index (χ1) is 8.82. The van der Waals surface area contributed by atoms with Crippen LogP contribution in [0, 0.1) is 11.3 Å². The van der Waals surface area contributed by atoms with Crippen molar-refractivity contribution in [3.63, 3.8) is 0 Å². The minimum atomic E-state index is -3.81. The lowest BCUT2D eigenvalue weighted by Gasteiger charge is -2.26. The monoisotopic (exact) mass is 301 g/mol. The van der Waals surface area contributed by atoms with Crippen molar-refractivity contribution < 1.29 is 8.42 Å². The lowest BCUT2D eigenvalue weighted by molar-refractivity contribution is 0.360. The predicted octanol–water partition coefficient (Wildman–Crippen LogP) is 2.23. The Kier molecular flexibility index (Phi) is 5.18. The number of rotatable bonds is 5. The molecule has 0 aliphatic carbocycles. The third-order valence-corrected chi connectivity index (χ3v) is 5.20. The van der Waals surface area contributed by atoms with Gasteiger partial charge in [0.05, 0.1) is 16.8 Å². The van der Waals surface area contributed by atoms with Crippen LogP contribution in [0.4, 0.5) is 5.69 Å². The topological polar surface area (TPSA) is 87.2 Å². The van der Waals surface area contributed by atoms with Crippen molar-refractivity contribution >= 4 is 27.3 Å². The van der Waals surface area contributed by atoms with E-state index in [4.69, 9.17) is 22.6 Å². The Morgan fingerprint density at radius 3 is 2.58 bits per heavy atom. The zero-order valence-corrected chi connectivity index (χ0v) is 12.4. The maximum atomic E-state index is 12.6. The van der Waals surface area contributed by atoms with Crippen molar-refractivity contribution in [1.82, 2.24) is 4.31 Å². The Bertz CT molecular complexity index is 573. The molecule has 1 aromatic rings. The summed E-state index contributed by atoms with van der Waals surface area (Å²) >= 11 is 5.95. The van der Waals surface area contributed by atoms with E-state index < -0.39 is 10.0 Å². The Labute approximate surface area is 118 Å². The van der Waals surface area contributed by atoms with Gasteiger partial charge in [-0.25, -0.2) is 8.42 Å². The molecule has 0 fully saturated rings. The highest BCUT2D eigenvalue weighted by Gasteiger charge is 2.30. The second-order valence-electron chi connectivity index (χ2n) is 4.28. The van der Waals surface area contributed by atoms with Crippen LogP contribution in [-0.2, 0) is 10.0 Å². The maximum absolute atomic E-state index is 12.6. The summed E-state index contributed by atoms with van der Waals surface area (Å²) in [4.78, 5) is -0.0942. The molecule has 0 saturated heterocycles. The van der Waals surface area contributed by atoms with Crippen LogP contribution in [0.5, 0.6) is 0 Å². The summed E-state index contributed by atoms with van der Waals surface area (Å²) in [5.41, 5.74) is 5.83. The van der Waals surface area contributed by atoms with E-state index >= 15 is 0 Å². The van der Waals surface area contributed by atoms with Crippen LogP contribution in [0.2, 0.25) is 5.02 Å². The predicted molar refractivity (Wildman–Crippen MR) is 75.1 cm³/mol. The molecule has 0 aromatic heterocycles. The fraction of sp³-hybridized carbons (Fsp3) is 0.417. The number of hydrogen-bond donors (Lipinski definition) is 1. The molecule has 0 bridgehead atoms. The fourth-order valence-electron chi connectivity index (χ4n) is 1.73. The molecule has 0 radical (unpaired) electrons. The molecule has 1 aromatic carbocycles. The van der Waals surface area contributed by atoms with Gasteiger partial charge in [0.1, 0.15) is 4.90 Å². The fourth-order valence-corrected chi connectivity index (χ4v) is 4.01. The normalized spacial score (nSPS) is 11.8. The van der Waals surface area contributed by atoms with Crippen LogP contribution in [-0.4, -0.2) is 25.3 Å². The SMILES string of the molecule is CC(C)N(CCC#N)S(=O)(=O)c1c(N)cccc1Cl. The van der Waals surface area contributed by atoms with Crippen LogP contribution >= 0.6 is 11.6 Å². The molecule has 104 valence electrons. The molecule has 1 rings (SSSR count). The molecule has 0 spiro atoms. The molecule has 0 amide bonds. The lowest BCUT2D eigenvalue weighted by atomic mass is 10.3. The summed E-state index contributed by atoms with van der Waals surface area (Å²) in [5, 5.41) is 8.71. The highest BCUT2D eigenvalue weighted by atomic mass is 35.5. The quantitative estimate of drug-likeness (QED) is 0.845. The summed E-state index contributed by atoms with van der Waals surface area (Å²) in [6, 6.07) is 6.21. The molecule has 0 saturated carbocycles. The smallest absolute Gasteiger partial charge is 0.246 e. The average Bonchev–Trinajstić information content (AvgIpc) is 2.27. The zero-order chi connectivity index (χ0) is 14.6. The Hall–Kier alpha value is -1.29. The van der Waals surface area contributed by atoms with Gasteiger partial charge in [0.15, 0.2) is 0 Å². The Morgan fingerprint density at radius 2 is 2.11 bits per heavy atom. The number of hydrogen-bond acceptors (Lipinski definition) is 4. The summed E-state index contributed by atoms with van der Waals surface area (Å²) in [5.74, 6) is 0. The minimum absolute atomic E-state index is 0.0857. The molecule has 5 nitrogen and oxygen atoms in total. The molecule has 0 atom stereocenters. The molecular weight excluding hydrogens is 286 g/mol. The van der Waals surface area contributed by atoms with Crippen LogP contribution in [0.1, 0.15) is 20.3 Å². The van der Waals surface area contributed by atoms with Crippen molar-refractivity contribution in [3.8, 4) is 6.07 Å². The average molecular weight is 302 g/mol. The van der Waals surface area contributed by atoms with Gasteiger partial charge in [-0.1, -0.05) is 17.7 Å². The summed E-state index contributed by atoms with van der Waals surface area (Å²) in [6.45, 7) is 3.59. The van der Waals surface area contributed by atoms with Gasteiger partial charge in [-0.15, -0.1) is 0 Å². The number of benzene rings is 1. The second kappa shape index (κ2) is 6.24. The van der Waals surface area contributed by atoms with Crippen molar-refractivity contribution in [2.45, 2.75) is 31.2 Å². The van der Waals surface area contributed by atoms with E-state index in [0.717, 1.165) is 0 Å². The van der Waals surface area contributed by atoms with Gasteiger partial charge in [-0.3, -0.25) is 0 Å². The highest BCUT2D eigenvalue weighted by molar-refractivity contribution is 7.89. The Morgan fingerprint density at radius 1 is 1.47 bits per heavy atom. The largest absolute Gasteiger partial charge is 0.398 e. The van der Waals surface area contributed by atoms with Crippen molar-refractivity contribution in [3.05, 3.63) is 23.2 Å². The standard InChI is InChI=1S/C12H16ClN3O2S/c1-9(2)16(8-4-7-14)19(17,18)12-10(13)5-3-6-11(12)15/h3,5-6,9H,4,8,15H2,1-2H3. The van der Waals surface area contributed by atoms with Crippen molar-refractivity contribution in [2.75, 3.05) is 12.3 Å². The van der Waals surface area contributed by atoms with Gasteiger partial charge < -0.3 is 5.73 Å². The number of sulfonamides is 1. The van der Waals surface area contributed by atoms with Crippen LogP contribution in [0.25, 0.3) is 0 Å². The highest BCUT2D eigenvalue weighted by Crippen LogP contribution is 2.30. The second-order valence-corrected chi connectivity index (χ2v) is 6.51. The number of nitrogen functional groups attached to an aromatic ring is 1. The van der Waals surface area contributed by atoms with E-state index in [1.165, 1.54) is 16.4 Å². The minimum Gasteiger partial charge on any atom is -0.398 e. The van der Waals surface area contributed by atoms with E-state index in [0.29, 0.717) is 0 Å². The molecular formula is C12H16ClN3O2S. The molecule has 0 aliphatic rings. The van der Waals surface area contributed by atoms with Gasteiger partial charge in [0.2, 0.25) is 10.0 Å². The number of anilines is 1. The number of halogens is 1. The molecule has 2 N–H and O–H groups in total. The van der Waals surface area contributed by atoms with Gasteiger partial charge in [0.25, 0.3) is 0 Å². The first-order valence-electron chi connectivity index (χ1n) is 5.75. The van der Waals surface area contributed by atoms with Gasteiger partial charge in [-0.2, -0.15) is 9.57 Å². The van der Waals surface area contributed by atoms with E-state index in [-0.39, 0.29) is 34.6 Å². The molecule has 7 heteroatoms. The van der Waals surface area contributed by atoms with Crippen molar-refractivity contribution in [1.29, 1.82) is 5.26 Å². The molecule has 0 heterocycles. The van der Waals surface area contributed by atoms with E-state index in [9.17, 15) is 8.42 Å². The molecule has 19 heavy (non-hydrogen) atoms. The van der Waals surface area contributed by atoms with Crippen LogP contribution in [0.3, 0.4) is 0 Å². The van der Waals surface area contributed by atoms with Gasteiger partial charge in [0, 0.05) is 19.0 Å². The first-order valence-corrected chi connectivity index (χ1v) is 7.57. The summed E-state index contributed by atoms with van der Waals surface area (Å²) in [6.07, 6.45) is 0.113. The third-order valence-electron chi connectivity index (χ3n) is 2.58. The summed E-state index contributed by atoms with van der Waals surface area (Å²) in [7, 11) is -3.81. The van der Waals surface area contributed by atoms with Gasteiger partial charge in [-0.05, 0) is 26.0 Å². The van der Waals surface area contributed by atoms with E-state index in [1.807, 2.05) is 6.07 Å². The lowest BCUT2D eigenvalue weighted by Crippen LogP contribution is -2.38. The number of nitrogens with zero attached hydrogens (tertiary/aromatic N) is 2. The van der Waals surface area contributed by atoms with Crippen molar-refractivity contribution in [2.24, 2.45) is 0 Å². The number of nitrogens with two attached hydrogens (primary N) is 1. The van der Waals surface area contributed by atoms with E-state index in [1.54, 1.807) is 19.9 Å². The Balaban J connectivity index is 3.32. The van der Waals surface area contributed by atoms with Gasteiger partial charge >= 0.3 is 0 Å². The first kappa shape index (κ1) is 15.8. The van der Waals surface area contributed by atoms with Crippen LogP contribution in [0.15, 0.2) is 23.1 Å².